The number of Topliss-reactive ketones (excluding diaryl/α,β-unsaturated/α-hetero) is 1. The second-order valence-corrected chi connectivity index (χ2v) is 13.0. The van der Waals surface area contributed by atoms with E-state index < -0.39 is 0 Å². The lowest BCUT2D eigenvalue weighted by molar-refractivity contribution is -0.151. The molecule has 0 unspecified atom stereocenters. The van der Waals surface area contributed by atoms with Crippen molar-refractivity contribution in [2.75, 3.05) is 6.61 Å². The molecule has 5 atom stereocenters. The number of ether oxygens (including phenoxy) is 1. The summed E-state index contributed by atoms with van der Waals surface area (Å²) in [4.78, 5) is 38.0. The third kappa shape index (κ3) is 6.53. The van der Waals surface area contributed by atoms with Crippen LogP contribution in [0.4, 0.5) is 0 Å². The highest BCUT2D eigenvalue weighted by Gasteiger charge is 2.58. The SMILES string of the molecule is CCCCCCCCCCCC(=O)OCC(=O)[C@H]1[C@H](CC)C[C@H]2[C@@H]3CCC4=CC(=O)CCC4=C3CC[C@@]21C. The van der Waals surface area contributed by atoms with Crippen LogP contribution in [0.15, 0.2) is 22.8 Å². The fourth-order valence-electron chi connectivity index (χ4n) is 8.64. The lowest BCUT2D eigenvalue weighted by Gasteiger charge is -2.49. The van der Waals surface area contributed by atoms with Crippen LogP contribution in [0.2, 0.25) is 0 Å². The number of fused-ring (bicyclic) bond motifs is 4. The lowest BCUT2D eigenvalue weighted by Crippen LogP contribution is -2.43. The third-order valence-corrected chi connectivity index (χ3v) is 10.6. The van der Waals surface area contributed by atoms with Crippen LogP contribution in [0.25, 0.3) is 0 Å². The molecule has 2 fully saturated rings. The van der Waals surface area contributed by atoms with Crippen LogP contribution >= 0.6 is 0 Å². The van der Waals surface area contributed by atoms with Gasteiger partial charge in [-0.3, -0.25) is 14.4 Å². The highest BCUT2D eigenvalue weighted by molar-refractivity contribution is 5.93. The average Bonchev–Trinajstić information content (AvgIpc) is 3.23. The van der Waals surface area contributed by atoms with Gasteiger partial charge in [-0.1, -0.05) is 84.1 Å². The predicted octanol–water partition coefficient (Wildman–Crippen LogP) is 8.48. The fourth-order valence-corrected chi connectivity index (χ4v) is 8.64. The highest BCUT2D eigenvalue weighted by atomic mass is 16.5. The second-order valence-electron chi connectivity index (χ2n) is 13.0. The fraction of sp³-hybridized carbons (Fsp3) is 0.794. The van der Waals surface area contributed by atoms with Crippen molar-refractivity contribution in [1.82, 2.24) is 0 Å². The van der Waals surface area contributed by atoms with Gasteiger partial charge >= 0.3 is 5.97 Å². The van der Waals surface area contributed by atoms with Crippen LogP contribution in [-0.2, 0) is 19.1 Å². The molecule has 0 heterocycles. The summed E-state index contributed by atoms with van der Waals surface area (Å²) in [5.41, 5.74) is 4.37. The number of rotatable bonds is 14. The number of hydrogen-bond donors (Lipinski definition) is 0. The quantitative estimate of drug-likeness (QED) is 0.169. The van der Waals surface area contributed by atoms with Gasteiger partial charge < -0.3 is 4.74 Å². The van der Waals surface area contributed by atoms with E-state index in [1.165, 1.54) is 56.1 Å². The molecule has 2 saturated carbocycles. The number of carbonyl (C=O) groups is 3. The number of unbranched alkanes of at least 4 members (excludes halogenated alkanes) is 8. The molecule has 4 aliphatic rings. The summed E-state index contributed by atoms with van der Waals surface area (Å²) in [6.07, 6.45) is 21.2. The van der Waals surface area contributed by atoms with Gasteiger partial charge in [0.05, 0.1) is 0 Å². The Balaban J connectivity index is 1.27. The van der Waals surface area contributed by atoms with E-state index in [0.29, 0.717) is 30.6 Å². The summed E-state index contributed by atoms with van der Waals surface area (Å²) < 4.78 is 5.56. The molecule has 0 aliphatic heterocycles. The molecule has 0 aromatic rings. The van der Waals surface area contributed by atoms with Gasteiger partial charge in [0.15, 0.2) is 11.6 Å². The summed E-state index contributed by atoms with van der Waals surface area (Å²) in [7, 11) is 0. The van der Waals surface area contributed by atoms with Crippen LogP contribution < -0.4 is 0 Å². The molecule has 0 saturated heterocycles. The second kappa shape index (κ2) is 13.6. The minimum atomic E-state index is -0.205. The normalized spacial score (nSPS) is 30.4. The first-order chi connectivity index (χ1) is 18.4. The van der Waals surface area contributed by atoms with Crippen molar-refractivity contribution < 1.29 is 19.1 Å². The number of carbonyl (C=O) groups excluding carboxylic acids is 3. The van der Waals surface area contributed by atoms with Crippen LogP contribution in [0, 0.1) is 29.1 Å². The summed E-state index contributed by atoms with van der Waals surface area (Å²) >= 11 is 0. The van der Waals surface area contributed by atoms with Crippen molar-refractivity contribution in [2.24, 2.45) is 29.1 Å². The van der Waals surface area contributed by atoms with E-state index in [4.69, 9.17) is 4.74 Å². The van der Waals surface area contributed by atoms with E-state index in [0.717, 1.165) is 57.8 Å². The van der Waals surface area contributed by atoms with Gasteiger partial charge in [-0.25, -0.2) is 0 Å². The van der Waals surface area contributed by atoms with E-state index in [9.17, 15) is 14.4 Å². The molecule has 0 aromatic carbocycles. The molecule has 4 aliphatic carbocycles. The Bertz CT molecular complexity index is 927. The molecule has 0 N–H and O–H groups in total. The summed E-state index contributed by atoms with van der Waals surface area (Å²) in [6.45, 7) is 6.77. The average molecular weight is 525 g/mol. The van der Waals surface area contributed by atoms with Gasteiger partial charge in [-0.05, 0) is 85.3 Å². The van der Waals surface area contributed by atoms with Crippen molar-refractivity contribution in [3.05, 3.63) is 22.8 Å². The topological polar surface area (TPSA) is 60.4 Å². The molecule has 4 rings (SSSR count). The van der Waals surface area contributed by atoms with Gasteiger partial charge in [0.25, 0.3) is 0 Å². The van der Waals surface area contributed by atoms with Gasteiger partial charge in [0, 0.05) is 18.8 Å². The molecule has 4 heteroatoms. The smallest absolute Gasteiger partial charge is 0.306 e. The van der Waals surface area contributed by atoms with Crippen molar-refractivity contribution in [3.8, 4) is 0 Å². The maximum absolute atomic E-state index is 13.6. The number of ketones is 2. The monoisotopic (exact) mass is 524 g/mol. The van der Waals surface area contributed by atoms with E-state index in [1.807, 2.05) is 6.08 Å². The maximum Gasteiger partial charge on any atom is 0.306 e. The van der Waals surface area contributed by atoms with Crippen LogP contribution in [0.5, 0.6) is 0 Å². The minimum Gasteiger partial charge on any atom is -0.458 e. The first kappa shape index (κ1) is 29.3. The highest BCUT2D eigenvalue weighted by Crippen LogP contribution is 2.64. The van der Waals surface area contributed by atoms with Crippen molar-refractivity contribution in [3.63, 3.8) is 0 Å². The molecule has 0 spiro atoms. The zero-order valence-corrected chi connectivity index (χ0v) is 24.5. The van der Waals surface area contributed by atoms with Crippen LogP contribution in [-0.4, -0.2) is 24.1 Å². The van der Waals surface area contributed by atoms with Crippen molar-refractivity contribution in [1.29, 1.82) is 0 Å². The van der Waals surface area contributed by atoms with Crippen LogP contribution in [0.3, 0.4) is 0 Å². The first-order valence-corrected chi connectivity index (χ1v) is 16.0. The van der Waals surface area contributed by atoms with Gasteiger partial charge in [0.1, 0.15) is 6.61 Å². The van der Waals surface area contributed by atoms with E-state index in [-0.39, 0.29) is 35.5 Å². The number of allylic oxidation sites excluding steroid dienone is 4. The largest absolute Gasteiger partial charge is 0.458 e. The summed E-state index contributed by atoms with van der Waals surface area (Å²) in [5, 5.41) is 0. The number of hydrogen-bond acceptors (Lipinski definition) is 4. The zero-order valence-electron chi connectivity index (χ0n) is 24.5. The Labute approximate surface area is 231 Å². The molecule has 0 aromatic heterocycles. The maximum atomic E-state index is 13.6. The summed E-state index contributed by atoms with van der Waals surface area (Å²) in [6, 6.07) is 0. The van der Waals surface area contributed by atoms with Gasteiger partial charge in [-0.15, -0.1) is 0 Å². The lowest BCUT2D eigenvalue weighted by atomic mass is 9.55. The van der Waals surface area contributed by atoms with Crippen LogP contribution in [0.1, 0.15) is 136 Å². The molecule has 0 radical (unpaired) electrons. The predicted molar refractivity (Wildman–Crippen MR) is 153 cm³/mol. The Morgan fingerprint density at radius 3 is 2.37 bits per heavy atom. The Kier molecular flexibility index (Phi) is 10.5. The first-order valence-electron chi connectivity index (χ1n) is 16.0. The molecule has 212 valence electrons. The Morgan fingerprint density at radius 1 is 0.947 bits per heavy atom. The molecular formula is C34H52O4. The third-order valence-electron chi connectivity index (χ3n) is 10.6. The molecule has 4 nitrogen and oxygen atoms in total. The number of esters is 1. The Morgan fingerprint density at radius 2 is 1.66 bits per heavy atom. The van der Waals surface area contributed by atoms with Gasteiger partial charge in [-0.2, -0.15) is 0 Å². The molecule has 0 bridgehead atoms. The Hall–Kier alpha value is -1.71. The zero-order chi connectivity index (χ0) is 27.1. The summed E-state index contributed by atoms with van der Waals surface area (Å²) in [5.74, 6) is 1.68. The van der Waals surface area contributed by atoms with Gasteiger partial charge in [0.2, 0.25) is 0 Å². The van der Waals surface area contributed by atoms with Crippen molar-refractivity contribution in [2.45, 2.75) is 136 Å². The van der Waals surface area contributed by atoms with E-state index in [2.05, 4.69) is 20.8 Å². The molecule has 38 heavy (non-hydrogen) atoms. The molecule has 0 amide bonds. The van der Waals surface area contributed by atoms with E-state index >= 15 is 0 Å². The minimum absolute atomic E-state index is 0.00516. The molecular weight excluding hydrogens is 472 g/mol. The van der Waals surface area contributed by atoms with E-state index in [1.54, 1.807) is 5.57 Å². The van der Waals surface area contributed by atoms with Crippen molar-refractivity contribution >= 4 is 17.5 Å². The standard InChI is InChI=1S/C34H52O4/c1-4-6-7-8-9-10-11-12-13-14-32(37)38-23-31(36)33-24(5-2)22-30-29-17-15-25-21-26(35)16-18-27(25)28(29)19-20-34(30,33)3/h21,24,29-30,33H,4-20,22-23H2,1-3H3/t24-,29-,30+,33-,34+/m1/s1.